The van der Waals surface area contributed by atoms with E-state index in [2.05, 4.69) is 92.2 Å². The van der Waals surface area contributed by atoms with Crippen molar-refractivity contribution < 1.29 is 0 Å². The molecule has 0 spiro atoms. The minimum absolute atomic E-state index is 0.0181. The summed E-state index contributed by atoms with van der Waals surface area (Å²) in [4.78, 5) is 0. The molecule has 0 aliphatic carbocycles. The van der Waals surface area contributed by atoms with Gasteiger partial charge in [0.05, 0.1) is 0 Å². The quantitative estimate of drug-likeness (QED) is 0.359. The van der Waals surface area contributed by atoms with E-state index in [0.29, 0.717) is 0 Å². The second-order valence-electron chi connectivity index (χ2n) is 6.59. The van der Waals surface area contributed by atoms with Crippen LogP contribution in [0.25, 0.3) is 32.7 Å². The van der Waals surface area contributed by atoms with Crippen molar-refractivity contribution in [3.63, 3.8) is 0 Å². The van der Waals surface area contributed by atoms with Crippen LogP contribution in [0.2, 0.25) is 0 Å². The summed E-state index contributed by atoms with van der Waals surface area (Å²) in [5.41, 5.74) is 4.25. The summed E-state index contributed by atoms with van der Waals surface area (Å²) >= 11 is 0. The zero-order valence-corrected chi connectivity index (χ0v) is 15.1. The molecule has 24 heavy (non-hydrogen) atoms. The minimum atomic E-state index is 0.0181. The lowest BCUT2D eigenvalue weighted by atomic mass is 9.91. The fourth-order valence-electron chi connectivity index (χ4n) is 3.55. The Bertz CT molecular complexity index is 1010. The van der Waals surface area contributed by atoms with Gasteiger partial charge < -0.3 is 0 Å². The molecule has 0 amide bonds. The summed E-state index contributed by atoms with van der Waals surface area (Å²) < 4.78 is 0. The molecule has 0 aliphatic rings. The standard InChI is InChI=1S/C23H21P/c1-24(2)16-19-15-14-18-9-4-6-12-21(18)23(19)22-13-7-10-17-8-3-5-11-20(17)22/h3-15H,16H2,1-2H3. The maximum Gasteiger partial charge on any atom is -0.00635 e. The topological polar surface area (TPSA) is 0 Å². The van der Waals surface area contributed by atoms with Crippen molar-refractivity contribution in [3.05, 3.63) is 84.4 Å². The first-order valence-corrected chi connectivity index (χ1v) is 10.8. The molecule has 0 bridgehead atoms. The second-order valence-corrected chi connectivity index (χ2v) is 9.06. The lowest BCUT2D eigenvalue weighted by molar-refractivity contribution is 1.41. The highest BCUT2D eigenvalue weighted by molar-refractivity contribution is 7.55. The van der Waals surface area contributed by atoms with Crippen molar-refractivity contribution in [1.29, 1.82) is 0 Å². The number of hydrogen-bond acceptors (Lipinski definition) is 0. The zero-order valence-electron chi connectivity index (χ0n) is 14.2. The molecule has 1 heteroatoms. The highest BCUT2D eigenvalue weighted by atomic mass is 31.1. The van der Waals surface area contributed by atoms with Crippen molar-refractivity contribution in [2.75, 3.05) is 13.3 Å². The van der Waals surface area contributed by atoms with Crippen LogP contribution in [0.4, 0.5) is 0 Å². The first-order valence-electron chi connectivity index (χ1n) is 8.37. The molecule has 4 aromatic carbocycles. The number of hydrogen-bond donors (Lipinski definition) is 0. The van der Waals surface area contributed by atoms with E-state index in [1.165, 1.54) is 44.4 Å². The second kappa shape index (κ2) is 6.38. The summed E-state index contributed by atoms with van der Waals surface area (Å²) in [5.74, 6) is 0. The maximum absolute atomic E-state index is 2.36. The third-order valence-electron chi connectivity index (χ3n) is 4.56. The van der Waals surface area contributed by atoms with E-state index in [1.54, 1.807) is 0 Å². The summed E-state index contributed by atoms with van der Waals surface area (Å²) in [6.45, 7) is 4.72. The van der Waals surface area contributed by atoms with Gasteiger partial charge in [-0.3, -0.25) is 0 Å². The Balaban J connectivity index is 2.10. The number of benzene rings is 4. The highest BCUT2D eigenvalue weighted by Crippen LogP contribution is 2.41. The lowest BCUT2D eigenvalue weighted by Crippen LogP contribution is -1.92. The molecule has 0 saturated carbocycles. The van der Waals surface area contributed by atoms with Crippen LogP contribution in [0.3, 0.4) is 0 Å². The molecule has 0 heterocycles. The van der Waals surface area contributed by atoms with Crippen LogP contribution in [0.1, 0.15) is 5.56 Å². The molecule has 4 rings (SSSR count). The van der Waals surface area contributed by atoms with Crippen molar-refractivity contribution in [3.8, 4) is 11.1 Å². The van der Waals surface area contributed by atoms with Gasteiger partial charge in [0, 0.05) is 0 Å². The van der Waals surface area contributed by atoms with Crippen molar-refractivity contribution in [1.82, 2.24) is 0 Å². The third-order valence-corrected chi connectivity index (χ3v) is 5.53. The fourth-order valence-corrected chi connectivity index (χ4v) is 4.50. The Morgan fingerprint density at radius 2 is 1.25 bits per heavy atom. The Morgan fingerprint density at radius 3 is 2.00 bits per heavy atom. The molecule has 0 saturated heterocycles. The minimum Gasteiger partial charge on any atom is -0.109 e. The van der Waals surface area contributed by atoms with E-state index in [0.717, 1.165) is 0 Å². The largest absolute Gasteiger partial charge is 0.109 e. The predicted octanol–water partition coefficient (Wildman–Crippen LogP) is 6.90. The molecule has 0 radical (unpaired) electrons. The van der Waals surface area contributed by atoms with Gasteiger partial charge in [0.1, 0.15) is 0 Å². The van der Waals surface area contributed by atoms with Crippen LogP contribution in [-0.4, -0.2) is 13.3 Å². The summed E-state index contributed by atoms with van der Waals surface area (Å²) in [5, 5.41) is 5.34. The first kappa shape index (κ1) is 15.4. The highest BCUT2D eigenvalue weighted by Gasteiger charge is 2.13. The van der Waals surface area contributed by atoms with Gasteiger partial charge in [-0.05, 0) is 57.7 Å². The lowest BCUT2D eigenvalue weighted by Gasteiger charge is -2.17. The number of fused-ring (bicyclic) bond motifs is 2. The van der Waals surface area contributed by atoms with E-state index in [4.69, 9.17) is 0 Å². The summed E-state index contributed by atoms with van der Waals surface area (Å²) in [7, 11) is 0.0181. The van der Waals surface area contributed by atoms with Crippen LogP contribution in [0, 0.1) is 0 Å². The van der Waals surface area contributed by atoms with Crippen LogP contribution >= 0.6 is 7.92 Å². The van der Waals surface area contributed by atoms with E-state index >= 15 is 0 Å². The van der Waals surface area contributed by atoms with E-state index < -0.39 is 0 Å². The molecule has 0 unspecified atom stereocenters. The zero-order chi connectivity index (χ0) is 16.5. The Labute approximate surface area is 144 Å². The van der Waals surface area contributed by atoms with Crippen LogP contribution in [-0.2, 0) is 6.16 Å². The van der Waals surface area contributed by atoms with Gasteiger partial charge in [-0.2, -0.15) is 0 Å². The molecule has 0 aliphatic heterocycles. The van der Waals surface area contributed by atoms with E-state index in [1.807, 2.05) is 0 Å². The molecule has 0 nitrogen and oxygen atoms in total. The molecule has 0 aromatic heterocycles. The molecule has 4 aromatic rings. The van der Waals surface area contributed by atoms with E-state index in [9.17, 15) is 0 Å². The predicted molar refractivity (Wildman–Crippen MR) is 109 cm³/mol. The normalized spacial score (nSPS) is 11.5. The molecule has 0 atom stereocenters. The van der Waals surface area contributed by atoms with Crippen molar-refractivity contribution >= 4 is 29.5 Å². The van der Waals surface area contributed by atoms with Gasteiger partial charge in [-0.25, -0.2) is 0 Å². The number of rotatable bonds is 3. The van der Waals surface area contributed by atoms with Gasteiger partial charge in [-0.15, -0.1) is 7.92 Å². The molecular weight excluding hydrogens is 307 g/mol. The molecule has 0 fully saturated rings. The Hall–Kier alpha value is -2.17. The molecule has 0 N–H and O–H groups in total. The fraction of sp³-hybridized carbons (Fsp3) is 0.130. The molecular formula is C23H21P. The van der Waals surface area contributed by atoms with Gasteiger partial charge in [-0.1, -0.05) is 78.9 Å². The molecule has 118 valence electrons. The first-order chi connectivity index (χ1) is 11.7. The Morgan fingerprint density at radius 1 is 0.625 bits per heavy atom. The SMILES string of the molecule is CP(C)Cc1ccc2ccccc2c1-c1cccc2ccccc12. The van der Waals surface area contributed by atoms with Crippen LogP contribution in [0.15, 0.2) is 78.9 Å². The van der Waals surface area contributed by atoms with Gasteiger partial charge in [0.2, 0.25) is 0 Å². The average molecular weight is 328 g/mol. The van der Waals surface area contributed by atoms with Gasteiger partial charge >= 0.3 is 0 Å². The van der Waals surface area contributed by atoms with E-state index in [-0.39, 0.29) is 7.92 Å². The van der Waals surface area contributed by atoms with Gasteiger partial charge in [0.25, 0.3) is 0 Å². The van der Waals surface area contributed by atoms with Crippen LogP contribution in [0.5, 0.6) is 0 Å². The van der Waals surface area contributed by atoms with Crippen molar-refractivity contribution in [2.24, 2.45) is 0 Å². The monoisotopic (exact) mass is 328 g/mol. The maximum atomic E-state index is 2.36. The van der Waals surface area contributed by atoms with Gasteiger partial charge in [0.15, 0.2) is 0 Å². The van der Waals surface area contributed by atoms with Crippen LogP contribution < -0.4 is 0 Å². The summed E-state index contributed by atoms with van der Waals surface area (Å²) in [6, 6.07) is 28.8. The Kier molecular flexibility index (Phi) is 4.08. The average Bonchev–Trinajstić information content (AvgIpc) is 2.61. The third kappa shape index (κ3) is 2.72. The smallest absolute Gasteiger partial charge is 0.00635 e. The summed E-state index contributed by atoms with van der Waals surface area (Å²) in [6.07, 6.45) is 1.17. The van der Waals surface area contributed by atoms with Crippen molar-refractivity contribution in [2.45, 2.75) is 6.16 Å².